The molecule has 12 heavy (non-hydrogen) atoms. The summed E-state index contributed by atoms with van der Waals surface area (Å²) in [5, 5.41) is 2.42. The maximum atomic E-state index is 4.21. The quantitative estimate of drug-likeness (QED) is 0.530. The monoisotopic (exact) mass is 333 g/mol. The van der Waals surface area contributed by atoms with E-state index < -0.39 is 0 Å². The van der Waals surface area contributed by atoms with Crippen molar-refractivity contribution in [2.75, 3.05) is 0 Å². The van der Waals surface area contributed by atoms with Crippen LogP contribution in [-0.4, -0.2) is 4.98 Å². The number of pyridine rings is 1. The van der Waals surface area contributed by atoms with E-state index in [-0.39, 0.29) is 0 Å². The molecule has 0 N–H and O–H groups in total. The predicted molar refractivity (Wildman–Crippen MR) is 62.2 cm³/mol. The van der Waals surface area contributed by atoms with Gasteiger partial charge < -0.3 is 0 Å². The molecule has 0 bridgehead atoms. The number of hydrogen-bond acceptors (Lipinski definition) is 1. The van der Waals surface area contributed by atoms with Gasteiger partial charge in [-0.2, -0.15) is 0 Å². The Bertz CT molecular complexity index is 387. The minimum atomic E-state index is 1.05. The van der Waals surface area contributed by atoms with Crippen LogP contribution in [-0.2, 0) is 0 Å². The maximum absolute atomic E-state index is 4.21. The number of aromatic nitrogens is 1. The van der Waals surface area contributed by atoms with Crippen LogP contribution in [0.25, 0.3) is 10.8 Å². The molecule has 0 unspecified atom stereocenters. The number of fused-ring (bicyclic) bond motifs is 1. The lowest BCUT2D eigenvalue weighted by Crippen LogP contribution is -1.82. The van der Waals surface area contributed by atoms with Crippen molar-refractivity contribution in [1.82, 2.24) is 4.98 Å². The summed E-state index contributed by atoms with van der Waals surface area (Å²) in [5.41, 5.74) is 0. The van der Waals surface area contributed by atoms with Gasteiger partial charge in [0.25, 0.3) is 0 Å². The van der Waals surface area contributed by atoms with Crippen LogP contribution in [0.1, 0.15) is 0 Å². The van der Waals surface area contributed by atoms with Gasteiger partial charge in [0, 0.05) is 21.4 Å². The van der Waals surface area contributed by atoms with E-state index >= 15 is 0 Å². The Hall–Kier alpha value is -0.160. The van der Waals surface area contributed by atoms with Gasteiger partial charge in [-0.15, -0.1) is 0 Å². The van der Waals surface area contributed by atoms with Gasteiger partial charge in [-0.1, -0.05) is 28.1 Å². The molecule has 0 spiro atoms. The minimum Gasteiger partial charge on any atom is -0.250 e. The van der Waals surface area contributed by atoms with E-state index in [1.165, 1.54) is 10.8 Å². The van der Waals surface area contributed by atoms with E-state index in [1.54, 1.807) is 0 Å². The fourth-order valence-electron chi connectivity index (χ4n) is 1.13. The first-order chi connectivity index (χ1) is 5.79. The molecular formula is C9H5BrIN. The Labute approximate surface area is 92.5 Å². The molecule has 0 fully saturated rings. The van der Waals surface area contributed by atoms with E-state index in [0.717, 1.165) is 8.17 Å². The van der Waals surface area contributed by atoms with Crippen molar-refractivity contribution < 1.29 is 0 Å². The summed E-state index contributed by atoms with van der Waals surface area (Å²) in [6, 6.07) is 8.16. The molecule has 0 radical (unpaired) electrons. The molecule has 1 aromatic heterocycles. The first kappa shape index (κ1) is 8.44. The number of hydrogen-bond donors (Lipinski definition) is 0. The molecule has 1 heterocycles. The maximum Gasteiger partial charge on any atom is 0.109 e. The van der Waals surface area contributed by atoms with Crippen LogP contribution < -0.4 is 0 Å². The van der Waals surface area contributed by atoms with Gasteiger partial charge in [0.15, 0.2) is 0 Å². The standard InChI is InChI=1S/C9H5BrIN/c10-8-3-1-2-7-6(8)4-5-12-9(7)11/h1-5H. The summed E-state index contributed by atoms with van der Waals surface area (Å²) in [6.45, 7) is 0. The van der Waals surface area contributed by atoms with Crippen molar-refractivity contribution in [3.8, 4) is 0 Å². The SMILES string of the molecule is Brc1cccc2c(I)nccc12. The van der Waals surface area contributed by atoms with Crippen LogP contribution in [0.4, 0.5) is 0 Å². The zero-order valence-electron chi connectivity index (χ0n) is 6.09. The van der Waals surface area contributed by atoms with Crippen molar-refractivity contribution in [3.63, 3.8) is 0 Å². The largest absolute Gasteiger partial charge is 0.250 e. The molecule has 0 aliphatic rings. The van der Waals surface area contributed by atoms with E-state index in [4.69, 9.17) is 0 Å². The lowest BCUT2D eigenvalue weighted by molar-refractivity contribution is 1.31. The van der Waals surface area contributed by atoms with Gasteiger partial charge in [0.2, 0.25) is 0 Å². The summed E-state index contributed by atoms with van der Waals surface area (Å²) in [5.74, 6) is 0. The lowest BCUT2D eigenvalue weighted by atomic mass is 10.2. The molecule has 0 aliphatic heterocycles. The molecule has 1 nitrogen and oxygen atoms in total. The first-order valence-corrected chi connectivity index (χ1v) is 5.35. The number of rotatable bonds is 0. The predicted octanol–water partition coefficient (Wildman–Crippen LogP) is 3.60. The highest BCUT2D eigenvalue weighted by Gasteiger charge is 2.00. The highest BCUT2D eigenvalue weighted by molar-refractivity contribution is 14.1. The topological polar surface area (TPSA) is 12.9 Å². The molecule has 0 saturated carbocycles. The lowest BCUT2D eigenvalue weighted by Gasteiger charge is -2.00. The molecule has 3 heteroatoms. The highest BCUT2D eigenvalue weighted by atomic mass is 127. The second-order valence-corrected chi connectivity index (χ2v) is 4.31. The summed E-state index contributed by atoms with van der Waals surface area (Å²) in [6.07, 6.45) is 1.83. The van der Waals surface area contributed by atoms with Gasteiger partial charge in [-0.3, -0.25) is 0 Å². The fraction of sp³-hybridized carbons (Fsp3) is 0. The van der Waals surface area contributed by atoms with Crippen molar-refractivity contribution in [2.24, 2.45) is 0 Å². The summed E-state index contributed by atoms with van der Waals surface area (Å²) >= 11 is 5.74. The first-order valence-electron chi connectivity index (χ1n) is 3.48. The molecule has 2 rings (SSSR count). The van der Waals surface area contributed by atoms with Crippen LogP contribution in [0.3, 0.4) is 0 Å². The Morgan fingerprint density at radius 2 is 2.00 bits per heavy atom. The Morgan fingerprint density at radius 1 is 1.17 bits per heavy atom. The normalized spacial score (nSPS) is 10.5. The van der Waals surface area contributed by atoms with Crippen molar-refractivity contribution >= 4 is 49.3 Å². The fourth-order valence-corrected chi connectivity index (χ4v) is 2.26. The highest BCUT2D eigenvalue weighted by Crippen LogP contribution is 2.25. The number of nitrogens with zero attached hydrogens (tertiary/aromatic N) is 1. The second kappa shape index (κ2) is 3.30. The molecule has 60 valence electrons. The van der Waals surface area contributed by atoms with Gasteiger partial charge in [0.1, 0.15) is 3.70 Å². The average molecular weight is 334 g/mol. The van der Waals surface area contributed by atoms with Gasteiger partial charge in [-0.25, -0.2) is 4.98 Å². The molecule has 1 aromatic carbocycles. The summed E-state index contributed by atoms with van der Waals surface area (Å²) in [4.78, 5) is 4.21. The van der Waals surface area contributed by atoms with Crippen LogP contribution in [0.15, 0.2) is 34.9 Å². The van der Waals surface area contributed by atoms with Gasteiger partial charge in [0.05, 0.1) is 0 Å². The third-order valence-electron chi connectivity index (χ3n) is 1.70. The Kier molecular flexibility index (Phi) is 2.32. The third-order valence-corrected chi connectivity index (χ3v) is 3.26. The van der Waals surface area contributed by atoms with Crippen molar-refractivity contribution in [3.05, 3.63) is 38.6 Å². The van der Waals surface area contributed by atoms with Crippen LogP contribution in [0, 0.1) is 3.70 Å². The van der Waals surface area contributed by atoms with E-state index in [0.29, 0.717) is 0 Å². The summed E-state index contributed by atoms with van der Waals surface area (Å²) < 4.78 is 2.17. The van der Waals surface area contributed by atoms with Gasteiger partial charge >= 0.3 is 0 Å². The van der Waals surface area contributed by atoms with Crippen molar-refractivity contribution in [2.45, 2.75) is 0 Å². The van der Waals surface area contributed by atoms with E-state index in [1.807, 2.05) is 24.4 Å². The molecule has 0 aliphatic carbocycles. The number of halogens is 2. The molecule has 2 aromatic rings. The third kappa shape index (κ3) is 1.35. The second-order valence-electron chi connectivity index (χ2n) is 2.44. The van der Waals surface area contributed by atoms with Gasteiger partial charge in [-0.05, 0) is 34.7 Å². The number of benzene rings is 1. The van der Waals surface area contributed by atoms with E-state index in [9.17, 15) is 0 Å². The zero-order chi connectivity index (χ0) is 8.55. The van der Waals surface area contributed by atoms with E-state index in [2.05, 4.69) is 49.6 Å². The molecule has 0 saturated heterocycles. The van der Waals surface area contributed by atoms with Crippen LogP contribution in [0.5, 0.6) is 0 Å². The minimum absolute atomic E-state index is 1.05. The Morgan fingerprint density at radius 3 is 2.75 bits per heavy atom. The van der Waals surface area contributed by atoms with Crippen LogP contribution >= 0.6 is 38.5 Å². The summed E-state index contributed by atoms with van der Waals surface area (Å²) in [7, 11) is 0. The van der Waals surface area contributed by atoms with Crippen molar-refractivity contribution in [1.29, 1.82) is 0 Å². The van der Waals surface area contributed by atoms with Crippen LogP contribution in [0.2, 0.25) is 0 Å². The molecule has 0 atom stereocenters. The molecule has 0 amide bonds. The molecular weight excluding hydrogens is 329 g/mol. The smallest absolute Gasteiger partial charge is 0.109 e. The Balaban J connectivity index is 2.94. The average Bonchev–Trinajstić information content (AvgIpc) is 2.07. The zero-order valence-corrected chi connectivity index (χ0v) is 9.83.